The van der Waals surface area contributed by atoms with Gasteiger partial charge in [0.25, 0.3) is 5.91 Å². The van der Waals surface area contributed by atoms with Crippen molar-refractivity contribution in [3.8, 4) is 0 Å². The first-order chi connectivity index (χ1) is 13.5. The van der Waals surface area contributed by atoms with E-state index in [1.165, 1.54) is 0 Å². The summed E-state index contributed by atoms with van der Waals surface area (Å²) in [6.45, 7) is 7.14. The molecule has 2 aromatic rings. The maximum absolute atomic E-state index is 13.2. The number of carbonyl (C=O) groups is 2. The van der Waals surface area contributed by atoms with E-state index in [2.05, 4.69) is 10.00 Å². The normalized spacial score (nSPS) is 21.4. The monoisotopic (exact) mass is 385 g/mol. The molecule has 0 spiro atoms. The summed E-state index contributed by atoms with van der Waals surface area (Å²) >= 11 is 0. The Labute approximate surface area is 164 Å². The third-order valence-electron chi connectivity index (χ3n) is 5.76. The number of hydrogen-bond donors (Lipinski definition) is 0. The third kappa shape index (κ3) is 3.32. The molecule has 2 saturated heterocycles. The quantitative estimate of drug-likeness (QED) is 0.802. The fraction of sp³-hybridized carbons (Fsp3) is 0.550. The van der Waals surface area contributed by atoms with Gasteiger partial charge < -0.3 is 9.32 Å². The van der Waals surface area contributed by atoms with E-state index in [4.69, 9.17) is 4.42 Å². The van der Waals surface area contributed by atoms with Crippen molar-refractivity contribution in [2.45, 2.75) is 32.7 Å². The van der Waals surface area contributed by atoms with Crippen LogP contribution >= 0.6 is 0 Å². The first-order valence-corrected chi connectivity index (χ1v) is 9.85. The van der Waals surface area contributed by atoms with E-state index in [1.807, 2.05) is 36.8 Å². The standard InChI is InChI=1S/C20H27N5O3/c1-14-6-12-28-18(14)20(27)24-10-8-23(9-11-24)16-5-4-7-25(19(16)26)17-13-15(2)21-22(17)3/h6,12-13,16H,4-5,7-11H2,1-3H3. The minimum absolute atomic E-state index is 0.0656. The van der Waals surface area contributed by atoms with Crippen LogP contribution in [-0.4, -0.2) is 70.2 Å². The highest BCUT2D eigenvalue weighted by Crippen LogP contribution is 2.25. The van der Waals surface area contributed by atoms with Crippen molar-refractivity contribution in [3.63, 3.8) is 0 Å². The molecule has 8 heteroatoms. The van der Waals surface area contributed by atoms with Crippen molar-refractivity contribution in [1.29, 1.82) is 0 Å². The van der Waals surface area contributed by atoms with Crippen LogP contribution in [0.15, 0.2) is 22.8 Å². The molecule has 0 radical (unpaired) electrons. The second-order valence-electron chi connectivity index (χ2n) is 7.68. The van der Waals surface area contributed by atoms with E-state index in [9.17, 15) is 9.59 Å². The van der Waals surface area contributed by atoms with Gasteiger partial charge in [0, 0.05) is 51.4 Å². The van der Waals surface area contributed by atoms with Gasteiger partial charge in [-0.3, -0.25) is 24.1 Å². The zero-order valence-electron chi connectivity index (χ0n) is 16.7. The first-order valence-electron chi connectivity index (χ1n) is 9.85. The van der Waals surface area contributed by atoms with Crippen molar-refractivity contribution < 1.29 is 14.0 Å². The number of piperazine rings is 1. The average Bonchev–Trinajstić information content (AvgIpc) is 3.26. The van der Waals surface area contributed by atoms with E-state index in [0.717, 1.165) is 36.5 Å². The maximum Gasteiger partial charge on any atom is 0.289 e. The summed E-state index contributed by atoms with van der Waals surface area (Å²) in [6, 6.07) is 3.63. The fourth-order valence-corrected chi connectivity index (χ4v) is 4.24. The lowest BCUT2D eigenvalue weighted by atomic mass is 10.0. The van der Waals surface area contributed by atoms with Gasteiger partial charge in [-0.05, 0) is 32.8 Å². The molecule has 2 aliphatic rings. The second-order valence-corrected chi connectivity index (χ2v) is 7.68. The number of hydrogen-bond acceptors (Lipinski definition) is 5. The van der Waals surface area contributed by atoms with Gasteiger partial charge in [0.05, 0.1) is 18.0 Å². The number of aromatic nitrogens is 2. The molecular weight excluding hydrogens is 358 g/mol. The van der Waals surface area contributed by atoms with E-state index in [0.29, 0.717) is 31.9 Å². The summed E-state index contributed by atoms with van der Waals surface area (Å²) in [4.78, 5) is 31.7. The van der Waals surface area contributed by atoms with Crippen LogP contribution < -0.4 is 4.90 Å². The SMILES string of the molecule is Cc1cc(N2CCCC(N3CCN(C(=O)c4occc4C)CC3)C2=O)n(C)n1. The minimum Gasteiger partial charge on any atom is -0.459 e. The van der Waals surface area contributed by atoms with E-state index in [1.54, 1.807) is 17.0 Å². The van der Waals surface area contributed by atoms with Crippen molar-refractivity contribution in [3.05, 3.63) is 35.4 Å². The Morgan fingerprint density at radius 1 is 1.18 bits per heavy atom. The summed E-state index contributed by atoms with van der Waals surface area (Å²) in [6.07, 6.45) is 3.37. The van der Waals surface area contributed by atoms with Crippen molar-refractivity contribution in [1.82, 2.24) is 19.6 Å². The summed E-state index contributed by atoms with van der Waals surface area (Å²) in [7, 11) is 1.88. The Morgan fingerprint density at radius 3 is 2.54 bits per heavy atom. The molecule has 0 N–H and O–H groups in total. The van der Waals surface area contributed by atoms with Gasteiger partial charge in [-0.2, -0.15) is 5.10 Å². The molecule has 4 heterocycles. The van der Waals surface area contributed by atoms with Crippen LogP contribution in [0, 0.1) is 13.8 Å². The van der Waals surface area contributed by atoms with Crippen LogP contribution in [0.3, 0.4) is 0 Å². The lowest BCUT2D eigenvalue weighted by Crippen LogP contribution is -2.58. The Morgan fingerprint density at radius 2 is 1.93 bits per heavy atom. The van der Waals surface area contributed by atoms with Crippen molar-refractivity contribution >= 4 is 17.6 Å². The van der Waals surface area contributed by atoms with Gasteiger partial charge >= 0.3 is 0 Å². The molecule has 2 fully saturated rings. The number of rotatable bonds is 3. The number of carbonyl (C=O) groups excluding carboxylic acids is 2. The molecule has 0 bridgehead atoms. The largest absolute Gasteiger partial charge is 0.459 e. The molecule has 1 atom stereocenters. The molecular formula is C20H27N5O3. The summed E-state index contributed by atoms with van der Waals surface area (Å²) in [5, 5.41) is 4.38. The van der Waals surface area contributed by atoms with Crippen LogP contribution in [0.4, 0.5) is 5.82 Å². The van der Waals surface area contributed by atoms with Gasteiger partial charge in [0.15, 0.2) is 5.76 Å². The Balaban J connectivity index is 1.41. The zero-order chi connectivity index (χ0) is 19.8. The van der Waals surface area contributed by atoms with Gasteiger partial charge in [-0.1, -0.05) is 0 Å². The molecule has 0 aliphatic carbocycles. The van der Waals surface area contributed by atoms with E-state index < -0.39 is 0 Å². The Hall–Kier alpha value is -2.61. The third-order valence-corrected chi connectivity index (χ3v) is 5.76. The smallest absolute Gasteiger partial charge is 0.289 e. The average molecular weight is 385 g/mol. The molecule has 0 aromatic carbocycles. The number of aryl methyl sites for hydroxylation is 3. The van der Waals surface area contributed by atoms with E-state index in [-0.39, 0.29) is 17.9 Å². The molecule has 150 valence electrons. The molecule has 4 rings (SSSR count). The molecule has 28 heavy (non-hydrogen) atoms. The highest BCUT2D eigenvalue weighted by atomic mass is 16.3. The fourth-order valence-electron chi connectivity index (χ4n) is 4.24. The summed E-state index contributed by atoms with van der Waals surface area (Å²) < 4.78 is 7.12. The van der Waals surface area contributed by atoms with Crippen LogP contribution in [0.25, 0.3) is 0 Å². The number of anilines is 1. The molecule has 0 saturated carbocycles. The van der Waals surface area contributed by atoms with Gasteiger partial charge in [-0.25, -0.2) is 0 Å². The lowest BCUT2D eigenvalue weighted by Gasteiger charge is -2.42. The van der Waals surface area contributed by atoms with Crippen LogP contribution in [0.2, 0.25) is 0 Å². The van der Waals surface area contributed by atoms with Gasteiger partial charge in [-0.15, -0.1) is 0 Å². The maximum atomic E-state index is 13.2. The summed E-state index contributed by atoms with van der Waals surface area (Å²) in [5.74, 6) is 1.34. The number of piperidine rings is 1. The topological polar surface area (TPSA) is 74.8 Å². The van der Waals surface area contributed by atoms with Crippen LogP contribution in [0.5, 0.6) is 0 Å². The summed E-state index contributed by atoms with van der Waals surface area (Å²) in [5.41, 5.74) is 1.77. The van der Waals surface area contributed by atoms with Crippen LogP contribution in [0.1, 0.15) is 34.7 Å². The first kappa shape index (κ1) is 18.7. The van der Waals surface area contributed by atoms with Crippen LogP contribution in [-0.2, 0) is 11.8 Å². The number of nitrogens with zero attached hydrogens (tertiary/aromatic N) is 5. The van der Waals surface area contributed by atoms with Gasteiger partial charge in [0.2, 0.25) is 5.91 Å². The lowest BCUT2D eigenvalue weighted by molar-refractivity contribution is -0.126. The highest BCUT2D eigenvalue weighted by Gasteiger charge is 2.37. The number of furan rings is 1. The predicted octanol–water partition coefficient (Wildman–Crippen LogP) is 1.58. The predicted molar refractivity (Wildman–Crippen MR) is 104 cm³/mol. The highest BCUT2D eigenvalue weighted by molar-refractivity contribution is 5.97. The Kier molecular flexibility index (Phi) is 4.97. The molecule has 2 amide bonds. The molecule has 8 nitrogen and oxygen atoms in total. The molecule has 2 aliphatic heterocycles. The van der Waals surface area contributed by atoms with Crippen molar-refractivity contribution in [2.75, 3.05) is 37.6 Å². The zero-order valence-corrected chi connectivity index (χ0v) is 16.7. The number of amides is 2. The van der Waals surface area contributed by atoms with Gasteiger partial charge in [0.1, 0.15) is 5.82 Å². The minimum atomic E-state index is -0.133. The molecule has 1 unspecified atom stereocenters. The second kappa shape index (κ2) is 7.43. The Bertz CT molecular complexity index is 878. The van der Waals surface area contributed by atoms with Crippen molar-refractivity contribution in [2.24, 2.45) is 7.05 Å². The molecule has 2 aromatic heterocycles. The van der Waals surface area contributed by atoms with E-state index >= 15 is 0 Å².